The van der Waals surface area contributed by atoms with Crippen molar-refractivity contribution in [3.63, 3.8) is 0 Å². The van der Waals surface area contributed by atoms with Gasteiger partial charge in [0.1, 0.15) is 18.1 Å². The largest absolute Gasteiger partial charge is 0.497 e. The van der Waals surface area contributed by atoms with E-state index in [0.29, 0.717) is 26.2 Å². The number of likely N-dealkylation sites (tertiary alicyclic amines) is 1. The number of methoxy groups -OCH3 is 1. The van der Waals surface area contributed by atoms with Crippen LogP contribution >= 0.6 is 0 Å². The number of aromatic nitrogens is 1. The number of alkyl halides is 3. The number of benzene rings is 3. The number of para-hydroxylation sites is 1. The van der Waals surface area contributed by atoms with Gasteiger partial charge in [-0.15, -0.1) is 0 Å². The monoisotopic (exact) mass is 638 g/mol. The number of ether oxygens (including phenoxy) is 2. The molecule has 244 valence electrons. The lowest BCUT2D eigenvalue weighted by molar-refractivity contribution is -0.192. The zero-order valence-electron chi connectivity index (χ0n) is 25.5. The first-order chi connectivity index (χ1) is 22.1. The zero-order chi connectivity index (χ0) is 32.7. The van der Waals surface area contributed by atoms with Crippen molar-refractivity contribution in [2.45, 2.75) is 31.1 Å². The van der Waals surface area contributed by atoms with E-state index in [0.717, 1.165) is 49.5 Å². The number of aromatic amines is 1. The summed E-state index contributed by atoms with van der Waals surface area (Å²) in [7, 11) is 1.71. The number of hydrogen-bond acceptors (Lipinski definition) is 6. The Kier molecular flexibility index (Phi) is 10.2. The van der Waals surface area contributed by atoms with Crippen molar-refractivity contribution in [1.82, 2.24) is 20.1 Å². The molecule has 9 nitrogen and oxygen atoms in total. The molecule has 0 aliphatic carbocycles. The lowest BCUT2D eigenvalue weighted by atomic mass is 9.83. The Morgan fingerprint density at radius 1 is 1.00 bits per heavy atom. The molecule has 3 aromatic carbocycles. The molecule has 3 heterocycles. The van der Waals surface area contributed by atoms with Crippen LogP contribution in [0.2, 0.25) is 0 Å². The van der Waals surface area contributed by atoms with Crippen LogP contribution < -0.4 is 14.8 Å². The zero-order valence-corrected chi connectivity index (χ0v) is 25.5. The van der Waals surface area contributed by atoms with Crippen molar-refractivity contribution < 1.29 is 37.3 Å². The molecular weight excluding hydrogens is 601 g/mol. The van der Waals surface area contributed by atoms with E-state index in [1.807, 2.05) is 54.6 Å². The molecule has 1 fully saturated rings. The third-order valence-electron chi connectivity index (χ3n) is 8.42. The van der Waals surface area contributed by atoms with Crippen LogP contribution in [-0.2, 0) is 28.1 Å². The summed E-state index contributed by atoms with van der Waals surface area (Å²) >= 11 is 0. The molecule has 2 aliphatic heterocycles. The number of hydrogen-bond donors (Lipinski definition) is 3. The van der Waals surface area contributed by atoms with Gasteiger partial charge in [0.15, 0.2) is 0 Å². The van der Waals surface area contributed by atoms with Crippen molar-refractivity contribution in [2.75, 3.05) is 46.4 Å². The Morgan fingerprint density at radius 3 is 2.37 bits per heavy atom. The highest BCUT2D eigenvalue weighted by Crippen LogP contribution is 2.45. The van der Waals surface area contributed by atoms with Crippen LogP contribution in [0.5, 0.6) is 11.5 Å². The van der Waals surface area contributed by atoms with Gasteiger partial charge in [0.05, 0.1) is 19.2 Å². The van der Waals surface area contributed by atoms with Gasteiger partial charge in [-0.25, -0.2) is 4.79 Å². The van der Waals surface area contributed by atoms with Crippen molar-refractivity contribution in [3.05, 3.63) is 95.7 Å². The summed E-state index contributed by atoms with van der Waals surface area (Å²) in [6.45, 7) is 4.82. The Morgan fingerprint density at radius 2 is 1.70 bits per heavy atom. The van der Waals surface area contributed by atoms with E-state index >= 15 is 0 Å². The van der Waals surface area contributed by atoms with Crippen molar-refractivity contribution >= 4 is 22.8 Å². The molecule has 6 rings (SSSR count). The van der Waals surface area contributed by atoms with E-state index in [4.69, 9.17) is 19.4 Å². The van der Waals surface area contributed by atoms with Gasteiger partial charge in [-0.3, -0.25) is 9.69 Å². The smallest absolute Gasteiger partial charge is 0.490 e. The molecule has 0 radical (unpaired) electrons. The molecule has 1 aromatic heterocycles. The summed E-state index contributed by atoms with van der Waals surface area (Å²) in [5.41, 5.74) is 4.38. The second-order valence-corrected chi connectivity index (χ2v) is 11.3. The maximum atomic E-state index is 13.8. The summed E-state index contributed by atoms with van der Waals surface area (Å²) in [4.78, 5) is 31.0. The Bertz CT molecular complexity index is 1630. The topological polar surface area (TPSA) is 107 Å². The standard InChI is InChI=1S/C32H36N4O3.C2HF3O2/c1-38-26-12-13-29-28(20-26)27-14-16-36(30(37)22-33-21-24-8-4-2-5-9-24)32(31(27)34-29)15-17-35(23-32)18-19-39-25-10-6-3-7-11-25;3-2(4,5)1(6)7/h2-13,20,33-34H,14-19,21-23H2,1H3;(H,6,7). The molecule has 2 aliphatic rings. The normalized spacial score (nSPS) is 17.8. The first kappa shape index (κ1) is 32.8. The van der Waals surface area contributed by atoms with Crippen LogP contribution in [0.25, 0.3) is 10.9 Å². The maximum absolute atomic E-state index is 13.8. The molecule has 46 heavy (non-hydrogen) atoms. The second-order valence-electron chi connectivity index (χ2n) is 11.3. The van der Waals surface area contributed by atoms with Crippen molar-refractivity contribution in [1.29, 1.82) is 0 Å². The predicted octanol–water partition coefficient (Wildman–Crippen LogP) is 4.96. The highest BCUT2D eigenvalue weighted by atomic mass is 19.4. The number of aliphatic carboxylic acids is 1. The van der Waals surface area contributed by atoms with Gasteiger partial charge >= 0.3 is 12.1 Å². The summed E-state index contributed by atoms with van der Waals surface area (Å²) in [5.74, 6) is -0.868. The number of H-pyrrole nitrogens is 1. The molecule has 3 N–H and O–H groups in total. The fourth-order valence-corrected chi connectivity index (χ4v) is 6.25. The Balaban J connectivity index is 0.000000537. The molecule has 0 bridgehead atoms. The predicted molar refractivity (Wildman–Crippen MR) is 167 cm³/mol. The molecule has 1 unspecified atom stereocenters. The summed E-state index contributed by atoms with van der Waals surface area (Å²) in [6.07, 6.45) is -3.37. The number of carboxylic acids is 1. The van der Waals surface area contributed by atoms with Crippen LogP contribution in [0.1, 0.15) is 23.2 Å². The van der Waals surface area contributed by atoms with Gasteiger partial charge in [-0.1, -0.05) is 48.5 Å². The lowest BCUT2D eigenvalue weighted by Crippen LogP contribution is -2.56. The molecule has 0 saturated carbocycles. The minimum absolute atomic E-state index is 0.148. The van der Waals surface area contributed by atoms with E-state index in [1.54, 1.807) is 7.11 Å². The summed E-state index contributed by atoms with van der Waals surface area (Å²) in [5, 5.41) is 11.7. The first-order valence-electron chi connectivity index (χ1n) is 15.1. The lowest BCUT2D eigenvalue weighted by Gasteiger charge is -2.45. The number of amides is 1. The van der Waals surface area contributed by atoms with Gasteiger partial charge in [0, 0.05) is 49.3 Å². The first-order valence-corrected chi connectivity index (χ1v) is 15.1. The molecule has 1 amide bonds. The van der Waals surface area contributed by atoms with Crippen molar-refractivity contribution in [3.8, 4) is 11.5 Å². The van der Waals surface area contributed by atoms with Crippen molar-refractivity contribution in [2.24, 2.45) is 0 Å². The van der Waals surface area contributed by atoms with E-state index in [2.05, 4.69) is 44.4 Å². The van der Waals surface area contributed by atoms with E-state index in [1.165, 1.54) is 22.2 Å². The van der Waals surface area contributed by atoms with Gasteiger partial charge in [-0.2, -0.15) is 13.2 Å². The molecule has 1 saturated heterocycles. The summed E-state index contributed by atoms with van der Waals surface area (Å²) in [6, 6.07) is 26.4. The number of halogens is 3. The number of carbonyl (C=O) groups excluding carboxylic acids is 1. The molecule has 1 atom stereocenters. The minimum Gasteiger partial charge on any atom is -0.497 e. The van der Waals surface area contributed by atoms with Gasteiger partial charge < -0.3 is 29.8 Å². The number of carbonyl (C=O) groups is 2. The third kappa shape index (κ3) is 7.45. The number of nitrogens with zero attached hydrogens (tertiary/aromatic N) is 2. The Hall–Kier alpha value is -4.55. The fraction of sp³-hybridized carbons (Fsp3) is 0.353. The molecular formula is C34H37F3N4O5. The van der Waals surface area contributed by atoms with Gasteiger partial charge in [-0.05, 0) is 54.3 Å². The minimum atomic E-state index is -5.08. The number of carboxylic acid groups (broad SMARTS) is 1. The second kappa shape index (κ2) is 14.3. The van der Waals surface area contributed by atoms with E-state index in [-0.39, 0.29) is 5.91 Å². The highest BCUT2D eigenvalue weighted by molar-refractivity contribution is 5.88. The van der Waals surface area contributed by atoms with Crippen LogP contribution in [0.15, 0.2) is 78.9 Å². The average molecular weight is 639 g/mol. The SMILES string of the molecule is COc1ccc2[nH]c3c(c2c1)CCN(C(=O)CNCc1ccccc1)C31CCN(CCOc2ccccc2)C1.O=C(O)C(F)(F)F. The van der Waals surface area contributed by atoms with Crippen LogP contribution in [0.4, 0.5) is 13.2 Å². The van der Waals surface area contributed by atoms with Crippen LogP contribution in [0.3, 0.4) is 0 Å². The van der Waals surface area contributed by atoms with Crippen LogP contribution in [-0.4, -0.2) is 84.4 Å². The molecule has 4 aromatic rings. The molecule has 12 heteroatoms. The average Bonchev–Trinajstić information content (AvgIpc) is 3.64. The highest BCUT2D eigenvalue weighted by Gasteiger charge is 2.50. The van der Waals surface area contributed by atoms with Gasteiger partial charge in [0.25, 0.3) is 0 Å². The third-order valence-corrected chi connectivity index (χ3v) is 8.42. The number of fused-ring (bicyclic) bond motifs is 4. The molecule has 1 spiro atoms. The fourth-order valence-electron chi connectivity index (χ4n) is 6.25. The summed E-state index contributed by atoms with van der Waals surface area (Å²) < 4.78 is 43.3. The van der Waals surface area contributed by atoms with E-state index < -0.39 is 17.7 Å². The Labute approximate surface area is 264 Å². The quantitative estimate of drug-likeness (QED) is 0.238. The van der Waals surface area contributed by atoms with Gasteiger partial charge in [0.2, 0.25) is 5.91 Å². The van der Waals surface area contributed by atoms with E-state index in [9.17, 15) is 18.0 Å². The number of nitrogens with one attached hydrogen (secondary N) is 2. The maximum Gasteiger partial charge on any atom is 0.490 e. The van der Waals surface area contributed by atoms with Crippen LogP contribution in [0, 0.1) is 0 Å². The number of rotatable bonds is 9.